The van der Waals surface area contributed by atoms with Crippen molar-refractivity contribution in [2.45, 2.75) is 19.4 Å². The van der Waals surface area contributed by atoms with Gasteiger partial charge in [0.05, 0.1) is 6.54 Å². The summed E-state index contributed by atoms with van der Waals surface area (Å²) in [5.74, 6) is -1.07. The molecule has 1 aliphatic rings. The van der Waals surface area contributed by atoms with Crippen LogP contribution in [0.4, 0.5) is 11.6 Å². The Hall–Kier alpha value is -3.75. The first kappa shape index (κ1) is 17.7. The highest BCUT2D eigenvalue weighted by molar-refractivity contribution is 6.13. The molecule has 0 fully saturated rings. The number of pyridine rings is 1. The largest absolute Gasteiger partial charge is 0.472 e. The van der Waals surface area contributed by atoms with Crippen LogP contribution < -0.4 is 9.64 Å². The van der Waals surface area contributed by atoms with Crippen LogP contribution in [-0.4, -0.2) is 38.7 Å². The monoisotopic (exact) mass is 380 g/mol. The molecule has 1 aliphatic heterocycles. The normalized spacial score (nSPS) is 15.2. The number of ether oxygens (including phenoxy) is 1. The summed E-state index contributed by atoms with van der Waals surface area (Å²) in [4.78, 5) is 44.4. The van der Waals surface area contributed by atoms with Crippen LogP contribution >= 0.6 is 0 Å². The van der Waals surface area contributed by atoms with E-state index in [2.05, 4.69) is 9.97 Å². The number of ketones is 1. The first-order chi connectivity index (χ1) is 13.3. The van der Waals surface area contributed by atoms with Gasteiger partial charge in [0, 0.05) is 28.7 Å². The second kappa shape index (κ2) is 6.15. The highest BCUT2D eigenvalue weighted by Crippen LogP contribution is 2.37. The van der Waals surface area contributed by atoms with Crippen LogP contribution in [0.3, 0.4) is 0 Å². The molecule has 1 N–H and O–H groups in total. The van der Waals surface area contributed by atoms with Crippen LogP contribution in [0, 0.1) is 10.1 Å². The highest BCUT2D eigenvalue weighted by atomic mass is 16.6. The molecule has 0 spiro atoms. The minimum absolute atomic E-state index is 0.0354. The van der Waals surface area contributed by atoms with E-state index in [9.17, 15) is 19.7 Å². The third-order valence-electron chi connectivity index (χ3n) is 4.58. The van der Waals surface area contributed by atoms with E-state index in [-0.39, 0.29) is 23.9 Å². The molecule has 28 heavy (non-hydrogen) atoms. The molecule has 9 nitrogen and oxygen atoms in total. The Kier molecular flexibility index (Phi) is 3.88. The molecule has 1 aromatic carbocycles. The number of benzene rings is 1. The summed E-state index contributed by atoms with van der Waals surface area (Å²) in [5, 5.41) is 11.8. The van der Waals surface area contributed by atoms with Crippen molar-refractivity contribution in [1.82, 2.24) is 9.97 Å². The van der Waals surface area contributed by atoms with Crippen LogP contribution in [-0.2, 0) is 4.79 Å². The lowest BCUT2D eigenvalue weighted by atomic mass is 10.0. The Morgan fingerprint density at radius 1 is 1.29 bits per heavy atom. The van der Waals surface area contributed by atoms with Gasteiger partial charge in [0.15, 0.2) is 17.1 Å². The summed E-state index contributed by atoms with van der Waals surface area (Å²) in [6.45, 7) is 2.83. The lowest BCUT2D eigenvalue weighted by Crippen LogP contribution is -2.54. The maximum absolute atomic E-state index is 13.0. The van der Waals surface area contributed by atoms with E-state index in [0.29, 0.717) is 5.56 Å². The zero-order valence-electron chi connectivity index (χ0n) is 15.1. The molecule has 3 aromatic rings. The third-order valence-corrected chi connectivity index (χ3v) is 4.58. The minimum Gasteiger partial charge on any atom is -0.472 e. The van der Waals surface area contributed by atoms with Gasteiger partial charge in [0.25, 0.3) is 11.7 Å². The van der Waals surface area contributed by atoms with E-state index in [1.807, 2.05) is 18.2 Å². The zero-order chi connectivity index (χ0) is 20.1. The van der Waals surface area contributed by atoms with Gasteiger partial charge in [-0.3, -0.25) is 14.5 Å². The van der Waals surface area contributed by atoms with Crippen molar-refractivity contribution in [2.24, 2.45) is 0 Å². The number of hydrogen-bond donors (Lipinski definition) is 1. The van der Waals surface area contributed by atoms with Crippen LogP contribution in [0.5, 0.6) is 5.75 Å². The van der Waals surface area contributed by atoms with Crippen molar-refractivity contribution >= 4 is 34.2 Å². The molecule has 0 radical (unpaired) electrons. The number of anilines is 1. The van der Waals surface area contributed by atoms with Gasteiger partial charge < -0.3 is 19.8 Å². The van der Waals surface area contributed by atoms with E-state index in [0.717, 1.165) is 15.8 Å². The topological polar surface area (TPSA) is 118 Å². The van der Waals surface area contributed by atoms with Crippen LogP contribution in [0.15, 0.2) is 42.6 Å². The van der Waals surface area contributed by atoms with Gasteiger partial charge in [-0.2, -0.15) is 0 Å². The van der Waals surface area contributed by atoms with Crippen molar-refractivity contribution in [3.8, 4) is 5.75 Å². The SMILES string of the molecule is CC1(C)Oc2ccc([N+](=O)[O-])nc2N(CC(=O)c2c[nH]c3ccccc23)C1=O. The third kappa shape index (κ3) is 2.77. The predicted octanol–water partition coefficient (Wildman–Crippen LogP) is 2.86. The average Bonchev–Trinajstić information content (AvgIpc) is 3.09. The van der Waals surface area contributed by atoms with E-state index in [4.69, 9.17) is 4.74 Å². The first-order valence-electron chi connectivity index (χ1n) is 8.53. The molecule has 3 heterocycles. The standard InChI is InChI=1S/C19H16N4O5/c1-19(2)18(25)22(17-15(28-19)7-8-16(21-17)23(26)27)10-14(24)12-9-20-13-6-4-3-5-11(12)13/h3-9,20H,10H2,1-2H3. The van der Waals surface area contributed by atoms with E-state index >= 15 is 0 Å². The molecule has 0 bridgehead atoms. The minimum atomic E-state index is -1.23. The van der Waals surface area contributed by atoms with Crippen LogP contribution in [0.2, 0.25) is 0 Å². The molecule has 4 rings (SSSR count). The van der Waals surface area contributed by atoms with Crippen LogP contribution in [0.25, 0.3) is 10.9 Å². The molecular formula is C19H16N4O5. The Labute approximate surface area is 159 Å². The lowest BCUT2D eigenvalue weighted by Gasteiger charge is -2.35. The van der Waals surface area contributed by atoms with Crippen molar-refractivity contribution < 1.29 is 19.2 Å². The quantitative estimate of drug-likeness (QED) is 0.422. The lowest BCUT2D eigenvalue weighted by molar-refractivity contribution is -0.389. The summed E-state index contributed by atoms with van der Waals surface area (Å²) in [7, 11) is 0. The average molecular weight is 380 g/mol. The Bertz CT molecular complexity index is 1130. The molecule has 0 saturated carbocycles. The van der Waals surface area contributed by atoms with Gasteiger partial charge in [-0.1, -0.05) is 18.2 Å². The number of Topliss-reactive ketones (excluding diaryl/α,β-unsaturated/α-hetero) is 1. The smallest absolute Gasteiger partial charge is 0.366 e. The van der Waals surface area contributed by atoms with Gasteiger partial charge in [-0.25, -0.2) is 0 Å². The number of carbonyl (C=O) groups is 2. The van der Waals surface area contributed by atoms with Crippen molar-refractivity contribution in [3.63, 3.8) is 0 Å². The summed E-state index contributed by atoms with van der Waals surface area (Å²) in [6.07, 6.45) is 1.59. The Morgan fingerprint density at radius 2 is 2.04 bits per heavy atom. The second-order valence-corrected chi connectivity index (χ2v) is 6.92. The zero-order valence-corrected chi connectivity index (χ0v) is 15.1. The van der Waals surface area contributed by atoms with Crippen LogP contribution in [0.1, 0.15) is 24.2 Å². The molecule has 9 heteroatoms. The van der Waals surface area contributed by atoms with Crippen molar-refractivity contribution in [1.29, 1.82) is 0 Å². The highest BCUT2D eigenvalue weighted by Gasteiger charge is 2.45. The number of aromatic amines is 1. The van der Waals surface area contributed by atoms with Gasteiger partial charge in [-0.05, 0) is 35.9 Å². The van der Waals surface area contributed by atoms with E-state index in [1.165, 1.54) is 12.1 Å². The van der Waals surface area contributed by atoms with Gasteiger partial charge in [0.2, 0.25) is 0 Å². The summed E-state index contributed by atoms with van der Waals surface area (Å²) in [5.41, 5.74) is -0.000915. The molecular weight excluding hydrogens is 364 g/mol. The number of nitro groups is 1. The Morgan fingerprint density at radius 3 is 2.79 bits per heavy atom. The first-order valence-corrected chi connectivity index (χ1v) is 8.53. The molecule has 0 aliphatic carbocycles. The second-order valence-electron chi connectivity index (χ2n) is 6.92. The molecule has 142 valence electrons. The number of carbonyl (C=O) groups excluding carboxylic acids is 2. The maximum atomic E-state index is 13.0. The molecule has 0 saturated heterocycles. The predicted molar refractivity (Wildman–Crippen MR) is 101 cm³/mol. The number of H-pyrrole nitrogens is 1. The van der Waals surface area contributed by atoms with Gasteiger partial charge in [0.1, 0.15) is 0 Å². The maximum Gasteiger partial charge on any atom is 0.366 e. The number of aromatic nitrogens is 2. The van der Waals surface area contributed by atoms with Crippen molar-refractivity contribution in [3.05, 3.63) is 58.3 Å². The number of nitrogens with one attached hydrogen (secondary N) is 1. The fourth-order valence-electron chi connectivity index (χ4n) is 3.22. The molecule has 2 aromatic heterocycles. The van der Waals surface area contributed by atoms with E-state index < -0.39 is 22.2 Å². The number of amides is 1. The summed E-state index contributed by atoms with van der Waals surface area (Å²) >= 11 is 0. The van der Waals surface area contributed by atoms with Gasteiger partial charge in [-0.15, -0.1) is 0 Å². The number of rotatable bonds is 4. The van der Waals surface area contributed by atoms with E-state index in [1.54, 1.807) is 26.1 Å². The Balaban J connectivity index is 1.75. The fourth-order valence-corrected chi connectivity index (χ4v) is 3.22. The summed E-state index contributed by atoms with van der Waals surface area (Å²) < 4.78 is 5.65. The number of para-hydroxylation sites is 1. The van der Waals surface area contributed by atoms with Gasteiger partial charge >= 0.3 is 5.82 Å². The fraction of sp³-hybridized carbons (Fsp3) is 0.211. The van der Waals surface area contributed by atoms with Crippen molar-refractivity contribution in [2.75, 3.05) is 11.4 Å². The summed E-state index contributed by atoms with van der Waals surface area (Å²) in [6, 6.07) is 9.90. The molecule has 1 amide bonds. The number of nitrogens with zero attached hydrogens (tertiary/aromatic N) is 3. The number of fused-ring (bicyclic) bond motifs is 2. The number of hydrogen-bond acceptors (Lipinski definition) is 6. The molecule has 0 unspecified atom stereocenters. The molecule has 0 atom stereocenters.